The molecule has 32 heavy (non-hydrogen) atoms. The molecule has 2 atom stereocenters. The van der Waals surface area contributed by atoms with E-state index in [9.17, 15) is 9.59 Å². The van der Waals surface area contributed by atoms with Gasteiger partial charge in [0.25, 0.3) is 0 Å². The van der Waals surface area contributed by atoms with Crippen molar-refractivity contribution in [2.24, 2.45) is 11.3 Å². The second kappa shape index (κ2) is 9.29. The zero-order valence-electron chi connectivity index (χ0n) is 17.7. The zero-order chi connectivity index (χ0) is 22.6. The lowest BCUT2D eigenvalue weighted by Gasteiger charge is -2.16. The number of esters is 1. The fourth-order valence-electron chi connectivity index (χ4n) is 3.88. The number of nitrogens with zero attached hydrogens (tertiary/aromatic N) is 1. The van der Waals surface area contributed by atoms with Gasteiger partial charge in [0, 0.05) is 6.20 Å². The smallest absolute Gasteiger partial charge is 0.313 e. The van der Waals surface area contributed by atoms with Gasteiger partial charge in [-0.25, -0.2) is 5.48 Å². The van der Waals surface area contributed by atoms with Gasteiger partial charge in [0.1, 0.15) is 12.4 Å². The molecular formula is C23H26N4O5. The molecule has 0 radical (unpaired) electrons. The van der Waals surface area contributed by atoms with Crippen molar-refractivity contribution in [3.63, 3.8) is 0 Å². The highest BCUT2D eigenvalue weighted by molar-refractivity contribution is 5.93. The molecule has 0 unspecified atom stereocenters. The van der Waals surface area contributed by atoms with Gasteiger partial charge in [-0.15, -0.1) is 5.53 Å². The van der Waals surface area contributed by atoms with Gasteiger partial charge in [-0.2, -0.15) is 0 Å². The van der Waals surface area contributed by atoms with Crippen LogP contribution in [-0.4, -0.2) is 30.3 Å². The van der Waals surface area contributed by atoms with Crippen LogP contribution in [0.4, 0.5) is 5.69 Å². The van der Waals surface area contributed by atoms with Crippen molar-refractivity contribution >= 4 is 17.6 Å². The number of hydrogen-bond acceptors (Lipinski definition) is 8. The Morgan fingerprint density at radius 1 is 1.19 bits per heavy atom. The molecule has 2 aromatic rings. The highest BCUT2D eigenvalue weighted by atomic mass is 16.5. The molecule has 168 valence electrons. The molecular weight excluding hydrogens is 412 g/mol. The first-order chi connectivity index (χ1) is 15.6. The summed E-state index contributed by atoms with van der Waals surface area (Å²) in [4.78, 5) is 24.3. The lowest BCUT2D eigenvalue weighted by atomic mass is 9.93. The van der Waals surface area contributed by atoms with Crippen molar-refractivity contribution in [1.82, 2.24) is 16.4 Å². The van der Waals surface area contributed by atoms with Crippen LogP contribution >= 0.6 is 0 Å². The largest absolute Gasteiger partial charge is 0.487 e. The molecule has 2 aromatic carbocycles. The normalized spacial score (nSPS) is 21.4. The second-order valence-electron chi connectivity index (χ2n) is 7.82. The van der Waals surface area contributed by atoms with Crippen molar-refractivity contribution in [3.8, 4) is 5.75 Å². The molecule has 0 bridgehead atoms. The van der Waals surface area contributed by atoms with Gasteiger partial charge >= 0.3 is 5.97 Å². The van der Waals surface area contributed by atoms with Gasteiger partial charge < -0.3 is 14.9 Å². The van der Waals surface area contributed by atoms with Crippen molar-refractivity contribution in [1.29, 1.82) is 0 Å². The number of rotatable bonds is 9. The number of benzene rings is 2. The number of para-hydroxylation sites is 1. The Balaban J connectivity index is 1.35. The lowest BCUT2D eigenvalue weighted by Crippen LogP contribution is -2.36. The van der Waals surface area contributed by atoms with E-state index >= 15 is 0 Å². The van der Waals surface area contributed by atoms with E-state index in [0.717, 1.165) is 16.9 Å². The fraction of sp³-hybridized carbons (Fsp3) is 0.304. The van der Waals surface area contributed by atoms with Crippen LogP contribution in [0.2, 0.25) is 0 Å². The Hall–Kier alpha value is -3.56. The maximum Gasteiger partial charge on any atom is 0.313 e. The molecule has 1 fully saturated rings. The molecule has 4 rings (SSSR count). The standard InChI is InChI=1S/C23H26N4O5/c1-2-31-22(29)23(13-20(23)21(28)25-30)12-16-8-10-19(11-9-16)32-15-17-14-27(26-24-17)18-6-4-3-5-7-18/h3-11,14,20,24,26,30H,2,12-13,15H2,1H3,(H,25,28)/t20-,23+/m1/s1. The summed E-state index contributed by atoms with van der Waals surface area (Å²) in [5.41, 5.74) is 9.60. The highest BCUT2D eigenvalue weighted by Crippen LogP contribution is 2.55. The Kier molecular flexibility index (Phi) is 6.29. The Morgan fingerprint density at radius 2 is 1.94 bits per heavy atom. The van der Waals surface area contributed by atoms with E-state index in [2.05, 4.69) is 11.0 Å². The first kappa shape index (κ1) is 21.7. The number of ether oxygens (including phenoxy) is 2. The van der Waals surface area contributed by atoms with Gasteiger partial charge in [0.2, 0.25) is 5.91 Å². The summed E-state index contributed by atoms with van der Waals surface area (Å²) in [6.07, 6.45) is 2.63. The molecule has 9 heteroatoms. The minimum Gasteiger partial charge on any atom is -0.487 e. The molecule has 0 spiro atoms. The highest BCUT2D eigenvalue weighted by Gasteiger charge is 2.64. The van der Waals surface area contributed by atoms with Crippen molar-refractivity contribution in [2.45, 2.75) is 19.8 Å². The number of hydrogen-bond donors (Lipinski definition) is 4. The third-order valence-corrected chi connectivity index (χ3v) is 5.68. The average Bonchev–Trinajstić information content (AvgIpc) is 3.36. The molecule has 1 aliphatic carbocycles. The maximum atomic E-state index is 12.5. The summed E-state index contributed by atoms with van der Waals surface area (Å²) in [6, 6.07) is 17.3. The van der Waals surface area contributed by atoms with Crippen LogP contribution in [0.5, 0.6) is 5.75 Å². The van der Waals surface area contributed by atoms with Crippen LogP contribution < -0.4 is 26.2 Å². The van der Waals surface area contributed by atoms with E-state index in [4.69, 9.17) is 14.7 Å². The third kappa shape index (κ3) is 4.53. The average molecular weight is 438 g/mol. The van der Waals surface area contributed by atoms with Crippen LogP contribution in [0.3, 0.4) is 0 Å². The number of hydrazine groups is 2. The van der Waals surface area contributed by atoms with Gasteiger partial charge in [0.05, 0.1) is 29.3 Å². The molecule has 0 aromatic heterocycles. The van der Waals surface area contributed by atoms with Gasteiger partial charge in [0.15, 0.2) is 0 Å². The number of carbonyl (C=O) groups is 2. The number of hydroxylamine groups is 1. The van der Waals surface area contributed by atoms with Crippen LogP contribution in [0.15, 0.2) is 66.5 Å². The predicted molar refractivity (Wildman–Crippen MR) is 116 cm³/mol. The minimum atomic E-state index is -0.934. The number of nitrogens with one attached hydrogen (secondary N) is 3. The van der Waals surface area contributed by atoms with E-state index in [1.54, 1.807) is 12.4 Å². The monoisotopic (exact) mass is 438 g/mol. The first-order valence-electron chi connectivity index (χ1n) is 10.5. The Bertz CT molecular complexity index is 995. The van der Waals surface area contributed by atoms with Crippen LogP contribution in [0.25, 0.3) is 0 Å². The molecule has 1 heterocycles. The van der Waals surface area contributed by atoms with E-state index in [1.807, 2.05) is 65.8 Å². The number of anilines is 1. The number of amides is 1. The predicted octanol–water partition coefficient (Wildman–Crippen LogP) is 2.05. The van der Waals surface area contributed by atoms with E-state index in [-0.39, 0.29) is 6.61 Å². The molecule has 9 nitrogen and oxygen atoms in total. The van der Waals surface area contributed by atoms with Crippen LogP contribution in [0.1, 0.15) is 18.9 Å². The molecule has 2 aliphatic rings. The Labute approximate surface area is 185 Å². The SMILES string of the molecule is CCOC(=O)[C@@]1(Cc2ccc(OCC3=CN(c4ccccc4)NN3)cc2)C[C@@H]1C(=O)NO. The van der Waals surface area contributed by atoms with Crippen molar-refractivity contribution in [2.75, 3.05) is 18.2 Å². The van der Waals surface area contributed by atoms with Gasteiger partial charge in [-0.05, 0) is 49.6 Å². The van der Waals surface area contributed by atoms with E-state index in [0.29, 0.717) is 25.2 Å². The summed E-state index contributed by atoms with van der Waals surface area (Å²) in [5, 5.41) is 10.8. The van der Waals surface area contributed by atoms with E-state index < -0.39 is 23.2 Å². The molecule has 1 aliphatic heterocycles. The van der Waals surface area contributed by atoms with Crippen LogP contribution in [0, 0.1) is 11.3 Å². The topological polar surface area (TPSA) is 112 Å². The molecule has 0 saturated heterocycles. The summed E-state index contributed by atoms with van der Waals surface area (Å²) in [5.74, 6) is -0.889. The molecule has 1 amide bonds. The Morgan fingerprint density at radius 3 is 2.62 bits per heavy atom. The molecule has 1 saturated carbocycles. The third-order valence-electron chi connectivity index (χ3n) is 5.68. The van der Waals surface area contributed by atoms with E-state index in [1.165, 1.54) is 0 Å². The van der Waals surface area contributed by atoms with Gasteiger partial charge in [-0.3, -0.25) is 19.8 Å². The fourth-order valence-corrected chi connectivity index (χ4v) is 3.88. The van der Waals surface area contributed by atoms with Gasteiger partial charge in [-0.1, -0.05) is 30.3 Å². The maximum absolute atomic E-state index is 12.5. The second-order valence-corrected chi connectivity index (χ2v) is 7.82. The first-order valence-corrected chi connectivity index (χ1v) is 10.5. The van der Waals surface area contributed by atoms with Crippen molar-refractivity contribution < 1.29 is 24.3 Å². The zero-order valence-corrected chi connectivity index (χ0v) is 17.7. The lowest BCUT2D eigenvalue weighted by molar-refractivity contribution is -0.152. The summed E-state index contributed by atoms with van der Waals surface area (Å²) >= 11 is 0. The summed E-state index contributed by atoms with van der Waals surface area (Å²) in [7, 11) is 0. The van der Waals surface area contributed by atoms with Crippen molar-refractivity contribution in [3.05, 3.63) is 72.1 Å². The van der Waals surface area contributed by atoms with Crippen LogP contribution in [-0.2, 0) is 20.7 Å². The summed E-state index contributed by atoms with van der Waals surface area (Å²) in [6.45, 7) is 2.31. The minimum absolute atomic E-state index is 0.237. The molecule has 4 N–H and O–H groups in total. The number of carbonyl (C=O) groups excluding carboxylic acids is 2. The summed E-state index contributed by atoms with van der Waals surface area (Å²) < 4.78 is 11.0. The quantitative estimate of drug-likeness (QED) is 0.267.